The van der Waals surface area contributed by atoms with Crippen LogP contribution in [-0.2, 0) is 13.1 Å². The van der Waals surface area contributed by atoms with E-state index in [2.05, 4.69) is 15.3 Å². The molecule has 0 unspecified atom stereocenters. The second-order valence-electron chi connectivity index (χ2n) is 8.00. The van der Waals surface area contributed by atoms with Crippen molar-refractivity contribution in [1.29, 1.82) is 0 Å². The number of aromatic nitrogens is 2. The quantitative estimate of drug-likeness (QED) is 0.687. The van der Waals surface area contributed by atoms with Crippen LogP contribution < -0.4 is 5.32 Å². The summed E-state index contributed by atoms with van der Waals surface area (Å²) < 4.78 is 1.67. The number of carbonyl (C=O) groups is 2. The largest absolute Gasteiger partial charge is 0.351 e. The number of amides is 2. The maximum absolute atomic E-state index is 13.1. The molecule has 0 saturated carbocycles. The van der Waals surface area contributed by atoms with Gasteiger partial charge in [0.05, 0.1) is 0 Å². The van der Waals surface area contributed by atoms with Crippen LogP contribution in [0.25, 0.3) is 0 Å². The Bertz CT molecular complexity index is 889. The van der Waals surface area contributed by atoms with E-state index >= 15 is 0 Å². The van der Waals surface area contributed by atoms with Gasteiger partial charge < -0.3 is 15.1 Å². The van der Waals surface area contributed by atoms with Crippen LogP contribution in [-0.4, -0.2) is 64.1 Å². The van der Waals surface area contributed by atoms with Gasteiger partial charge in [0.1, 0.15) is 5.69 Å². The molecule has 160 valence electrons. The average Bonchev–Trinajstić information content (AvgIpc) is 3.39. The first-order valence-corrected chi connectivity index (χ1v) is 11.1. The molecule has 1 aromatic carbocycles. The molecule has 0 radical (unpaired) electrons. The van der Waals surface area contributed by atoms with E-state index in [-0.39, 0.29) is 11.8 Å². The van der Waals surface area contributed by atoms with Crippen molar-refractivity contribution < 1.29 is 9.59 Å². The van der Waals surface area contributed by atoms with Crippen molar-refractivity contribution in [2.24, 2.45) is 0 Å². The Morgan fingerprint density at radius 2 is 1.83 bits per heavy atom. The first kappa shape index (κ1) is 20.9. The molecule has 1 saturated heterocycles. The third-order valence-corrected chi connectivity index (χ3v) is 5.99. The maximum atomic E-state index is 13.1. The molecule has 0 bridgehead atoms. The molecule has 4 rings (SSSR count). The Kier molecular flexibility index (Phi) is 6.69. The molecule has 0 aliphatic carbocycles. The van der Waals surface area contributed by atoms with Gasteiger partial charge in [-0.2, -0.15) is 5.10 Å². The number of halogens is 1. The van der Waals surface area contributed by atoms with Crippen molar-refractivity contribution in [3.05, 3.63) is 52.3 Å². The van der Waals surface area contributed by atoms with E-state index in [1.807, 2.05) is 29.2 Å². The van der Waals surface area contributed by atoms with Crippen LogP contribution >= 0.6 is 11.6 Å². The van der Waals surface area contributed by atoms with E-state index in [4.69, 9.17) is 11.6 Å². The Labute approximate surface area is 182 Å². The minimum absolute atomic E-state index is 0.0944. The first-order chi connectivity index (χ1) is 14.6. The number of fused-ring (bicyclic) bond motifs is 1. The number of rotatable bonds is 7. The number of nitrogens with zero attached hydrogens (tertiary/aromatic N) is 4. The van der Waals surface area contributed by atoms with Gasteiger partial charge in [-0.1, -0.05) is 23.7 Å². The summed E-state index contributed by atoms with van der Waals surface area (Å²) in [6.07, 6.45) is 4.27. The number of nitrogens with one attached hydrogen (secondary N) is 1. The molecule has 2 aliphatic heterocycles. The summed E-state index contributed by atoms with van der Waals surface area (Å²) in [4.78, 5) is 29.8. The van der Waals surface area contributed by atoms with E-state index in [1.165, 1.54) is 12.8 Å². The number of aryl methyl sites for hydroxylation is 1. The summed E-state index contributed by atoms with van der Waals surface area (Å²) in [5.41, 5.74) is 1.81. The third kappa shape index (κ3) is 5.02. The fourth-order valence-corrected chi connectivity index (χ4v) is 4.23. The molecule has 3 heterocycles. The molecule has 0 atom stereocenters. The summed E-state index contributed by atoms with van der Waals surface area (Å²) in [7, 11) is 0. The molecular formula is C22H28ClN5O2. The molecule has 1 aromatic heterocycles. The molecule has 0 spiro atoms. The normalized spacial score (nSPS) is 17.1. The van der Waals surface area contributed by atoms with Gasteiger partial charge in [0.15, 0.2) is 5.69 Å². The van der Waals surface area contributed by atoms with Crippen molar-refractivity contribution in [3.63, 3.8) is 0 Å². The lowest BCUT2D eigenvalue weighted by molar-refractivity contribution is 0.0745. The highest BCUT2D eigenvalue weighted by molar-refractivity contribution is 6.30. The molecule has 1 fully saturated rings. The Morgan fingerprint density at radius 3 is 2.60 bits per heavy atom. The zero-order valence-corrected chi connectivity index (χ0v) is 17.9. The predicted molar refractivity (Wildman–Crippen MR) is 116 cm³/mol. The van der Waals surface area contributed by atoms with Gasteiger partial charge in [0, 0.05) is 37.3 Å². The zero-order chi connectivity index (χ0) is 20.9. The fourth-order valence-electron chi connectivity index (χ4n) is 4.11. The second-order valence-corrected chi connectivity index (χ2v) is 8.44. The van der Waals surface area contributed by atoms with Gasteiger partial charge in [-0.05, 0) is 63.0 Å². The van der Waals surface area contributed by atoms with Crippen molar-refractivity contribution >= 4 is 23.4 Å². The van der Waals surface area contributed by atoms with E-state index < -0.39 is 0 Å². The van der Waals surface area contributed by atoms with Gasteiger partial charge >= 0.3 is 0 Å². The number of hydrogen-bond acceptors (Lipinski definition) is 4. The lowest BCUT2D eigenvalue weighted by Gasteiger charge is -2.20. The Morgan fingerprint density at radius 1 is 1.07 bits per heavy atom. The van der Waals surface area contributed by atoms with E-state index in [9.17, 15) is 9.59 Å². The van der Waals surface area contributed by atoms with Crippen LogP contribution in [0.4, 0.5) is 0 Å². The summed E-state index contributed by atoms with van der Waals surface area (Å²) in [6.45, 7) is 5.75. The molecule has 30 heavy (non-hydrogen) atoms. The Balaban J connectivity index is 1.35. The maximum Gasteiger partial charge on any atom is 0.272 e. The monoisotopic (exact) mass is 429 g/mol. The summed E-state index contributed by atoms with van der Waals surface area (Å²) in [5, 5.41) is 8.02. The van der Waals surface area contributed by atoms with Crippen LogP contribution in [0.5, 0.6) is 0 Å². The smallest absolute Gasteiger partial charge is 0.272 e. The highest BCUT2D eigenvalue weighted by atomic mass is 35.5. The lowest BCUT2D eigenvalue weighted by atomic mass is 10.2. The molecule has 7 nitrogen and oxygen atoms in total. The van der Waals surface area contributed by atoms with Gasteiger partial charge in [0.25, 0.3) is 11.8 Å². The zero-order valence-electron chi connectivity index (χ0n) is 17.1. The average molecular weight is 430 g/mol. The standard InChI is InChI=1S/C22H28ClN5O2/c23-18-7-5-17(6-8-18)16-27-13-4-14-28-20(22(27)30)15-19(25-28)21(29)24-9-3-12-26-10-1-2-11-26/h5-8,15H,1-4,9-14,16H2,(H,24,29). The summed E-state index contributed by atoms with van der Waals surface area (Å²) in [5.74, 6) is -0.308. The molecule has 1 N–H and O–H groups in total. The van der Waals surface area contributed by atoms with Crippen LogP contribution in [0.2, 0.25) is 5.02 Å². The lowest BCUT2D eigenvalue weighted by Crippen LogP contribution is -2.30. The van der Waals surface area contributed by atoms with Crippen molar-refractivity contribution in [3.8, 4) is 0 Å². The van der Waals surface area contributed by atoms with Crippen molar-refractivity contribution in [2.45, 2.75) is 38.8 Å². The minimum atomic E-state index is -0.214. The van der Waals surface area contributed by atoms with Gasteiger partial charge in [-0.3, -0.25) is 14.3 Å². The second kappa shape index (κ2) is 9.62. The third-order valence-electron chi connectivity index (χ3n) is 5.74. The molecule has 2 aromatic rings. The fraction of sp³-hybridized carbons (Fsp3) is 0.500. The molecule has 8 heteroatoms. The van der Waals surface area contributed by atoms with Gasteiger partial charge in [0.2, 0.25) is 0 Å². The molecular weight excluding hydrogens is 402 g/mol. The molecule has 2 aliphatic rings. The van der Waals surface area contributed by atoms with Crippen molar-refractivity contribution in [2.75, 3.05) is 32.7 Å². The number of hydrogen-bond donors (Lipinski definition) is 1. The number of carbonyl (C=O) groups excluding carboxylic acids is 2. The summed E-state index contributed by atoms with van der Waals surface area (Å²) >= 11 is 5.95. The first-order valence-electron chi connectivity index (χ1n) is 10.7. The van der Waals surface area contributed by atoms with E-state index in [0.717, 1.165) is 38.0 Å². The van der Waals surface area contributed by atoms with Crippen LogP contribution in [0.3, 0.4) is 0 Å². The van der Waals surface area contributed by atoms with E-state index in [0.29, 0.717) is 42.6 Å². The van der Waals surface area contributed by atoms with Crippen LogP contribution in [0.1, 0.15) is 52.2 Å². The van der Waals surface area contributed by atoms with E-state index in [1.54, 1.807) is 10.7 Å². The van der Waals surface area contributed by atoms with Gasteiger partial charge in [-0.25, -0.2) is 0 Å². The predicted octanol–water partition coefficient (Wildman–Crippen LogP) is 2.80. The summed E-state index contributed by atoms with van der Waals surface area (Å²) in [6, 6.07) is 9.14. The number of benzene rings is 1. The van der Waals surface area contributed by atoms with Crippen LogP contribution in [0.15, 0.2) is 30.3 Å². The SMILES string of the molecule is O=C(NCCCN1CCCC1)c1cc2n(n1)CCCN(Cc1ccc(Cl)cc1)C2=O. The molecule has 2 amide bonds. The van der Waals surface area contributed by atoms with Crippen LogP contribution in [0, 0.1) is 0 Å². The number of likely N-dealkylation sites (tertiary alicyclic amines) is 1. The highest BCUT2D eigenvalue weighted by Crippen LogP contribution is 2.18. The van der Waals surface area contributed by atoms with Crippen molar-refractivity contribution in [1.82, 2.24) is 24.9 Å². The Hall–Kier alpha value is -2.38. The topological polar surface area (TPSA) is 70.5 Å². The minimum Gasteiger partial charge on any atom is -0.351 e. The highest BCUT2D eigenvalue weighted by Gasteiger charge is 2.26. The van der Waals surface area contributed by atoms with Gasteiger partial charge in [-0.15, -0.1) is 0 Å².